The van der Waals surface area contributed by atoms with E-state index in [1.807, 2.05) is 43.3 Å². The number of rotatable bonds is 6. The number of aromatic nitrogens is 1. The minimum absolute atomic E-state index is 0.211. The zero-order valence-corrected chi connectivity index (χ0v) is 18.6. The summed E-state index contributed by atoms with van der Waals surface area (Å²) in [5.41, 5.74) is 2.90. The van der Waals surface area contributed by atoms with E-state index in [9.17, 15) is 4.79 Å². The summed E-state index contributed by atoms with van der Waals surface area (Å²) in [6.07, 6.45) is 5.42. The maximum atomic E-state index is 13.2. The van der Waals surface area contributed by atoms with Crippen molar-refractivity contribution in [3.8, 4) is 0 Å². The highest BCUT2D eigenvalue weighted by atomic mass is 35.5. The molecule has 1 aromatic carbocycles. The summed E-state index contributed by atoms with van der Waals surface area (Å²) in [6, 6.07) is 14.4. The van der Waals surface area contributed by atoms with Crippen LogP contribution in [0.25, 0.3) is 0 Å². The first-order chi connectivity index (χ1) is 14.9. The third kappa shape index (κ3) is 6.28. The summed E-state index contributed by atoms with van der Waals surface area (Å²) in [5, 5.41) is 11.0. The van der Waals surface area contributed by atoms with Crippen molar-refractivity contribution >= 4 is 24.0 Å². The van der Waals surface area contributed by atoms with Gasteiger partial charge in [0.1, 0.15) is 0 Å². The van der Waals surface area contributed by atoms with Crippen molar-refractivity contribution < 1.29 is 14.7 Å². The van der Waals surface area contributed by atoms with Crippen molar-refractivity contribution in [1.82, 2.24) is 15.2 Å². The monoisotopic (exact) mass is 443 g/mol. The van der Waals surface area contributed by atoms with Gasteiger partial charge in [-0.2, -0.15) is 0 Å². The lowest BCUT2D eigenvalue weighted by molar-refractivity contribution is -0.143. The molecule has 2 fully saturated rings. The van der Waals surface area contributed by atoms with Gasteiger partial charge in [0.15, 0.2) is 0 Å². The van der Waals surface area contributed by atoms with E-state index in [0.29, 0.717) is 6.04 Å². The van der Waals surface area contributed by atoms with Gasteiger partial charge >= 0.3 is 0 Å². The van der Waals surface area contributed by atoms with E-state index in [2.05, 4.69) is 21.3 Å². The molecule has 7 heteroatoms. The highest BCUT2D eigenvalue weighted by molar-refractivity contribution is 6.30. The van der Waals surface area contributed by atoms with Gasteiger partial charge in [0.25, 0.3) is 6.47 Å². The van der Waals surface area contributed by atoms with E-state index < -0.39 is 0 Å². The van der Waals surface area contributed by atoms with Crippen LogP contribution in [0, 0.1) is 12.3 Å². The molecule has 1 saturated carbocycles. The molecule has 31 heavy (non-hydrogen) atoms. The number of benzene rings is 1. The maximum Gasteiger partial charge on any atom is 0.290 e. The summed E-state index contributed by atoms with van der Waals surface area (Å²) in [4.78, 5) is 28.5. The van der Waals surface area contributed by atoms with Crippen LogP contribution < -0.4 is 5.32 Å². The number of likely N-dealkylation sites (tertiary alicyclic amines) is 1. The Morgan fingerprint density at radius 3 is 2.48 bits per heavy atom. The Kier molecular flexibility index (Phi) is 8.04. The van der Waals surface area contributed by atoms with Crippen LogP contribution in [0.3, 0.4) is 0 Å². The van der Waals surface area contributed by atoms with E-state index >= 15 is 0 Å². The maximum absolute atomic E-state index is 13.2. The number of nitrogens with one attached hydrogen (secondary N) is 1. The fourth-order valence-electron chi connectivity index (χ4n) is 4.58. The summed E-state index contributed by atoms with van der Waals surface area (Å²) >= 11 is 6.04. The average molecular weight is 444 g/mol. The van der Waals surface area contributed by atoms with Crippen molar-refractivity contribution in [2.24, 2.45) is 5.41 Å². The van der Waals surface area contributed by atoms with Gasteiger partial charge in [0.2, 0.25) is 5.91 Å². The predicted molar refractivity (Wildman–Crippen MR) is 121 cm³/mol. The van der Waals surface area contributed by atoms with Gasteiger partial charge in [-0.15, -0.1) is 0 Å². The lowest BCUT2D eigenvalue weighted by Gasteiger charge is -2.49. The molecule has 1 aliphatic heterocycles. The molecule has 0 bridgehead atoms. The Balaban J connectivity index is 0.000000858. The minimum Gasteiger partial charge on any atom is -0.483 e. The van der Waals surface area contributed by atoms with Crippen molar-refractivity contribution in [2.45, 2.75) is 51.6 Å². The number of hydrogen-bond acceptors (Lipinski definition) is 4. The summed E-state index contributed by atoms with van der Waals surface area (Å²) < 4.78 is 0. The number of amides is 1. The van der Waals surface area contributed by atoms with Gasteiger partial charge in [-0.3, -0.25) is 19.5 Å². The zero-order chi connectivity index (χ0) is 22.3. The third-order valence-corrected chi connectivity index (χ3v) is 6.26. The average Bonchev–Trinajstić information content (AvgIpc) is 3.21. The van der Waals surface area contributed by atoms with Crippen LogP contribution >= 0.6 is 11.6 Å². The number of pyridine rings is 1. The number of hydrogen-bond donors (Lipinski definition) is 2. The largest absolute Gasteiger partial charge is 0.483 e. The molecule has 1 aliphatic carbocycles. The van der Waals surface area contributed by atoms with E-state index in [4.69, 9.17) is 21.5 Å². The van der Waals surface area contributed by atoms with Crippen LogP contribution in [-0.2, 0) is 22.6 Å². The topological polar surface area (TPSA) is 82.5 Å². The Morgan fingerprint density at radius 1 is 1.23 bits per heavy atom. The molecule has 1 aromatic heterocycles. The first kappa shape index (κ1) is 23.2. The van der Waals surface area contributed by atoms with Crippen molar-refractivity contribution in [2.75, 3.05) is 13.1 Å². The predicted octanol–water partition coefficient (Wildman–Crippen LogP) is 3.85. The fourth-order valence-corrected chi connectivity index (χ4v) is 4.70. The first-order valence-electron chi connectivity index (χ1n) is 10.7. The quantitative estimate of drug-likeness (QED) is 0.662. The van der Waals surface area contributed by atoms with Gasteiger partial charge in [-0.05, 0) is 56.0 Å². The molecule has 1 saturated heterocycles. The van der Waals surface area contributed by atoms with Crippen molar-refractivity contribution in [3.05, 3.63) is 64.4 Å². The molecule has 0 unspecified atom stereocenters. The molecule has 0 radical (unpaired) electrons. The van der Waals surface area contributed by atoms with Gasteiger partial charge in [-0.25, -0.2) is 0 Å². The molecule has 4 rings (SSSR count). The number of nitrogens with zero attached hydrogens (tertiary/aromatic N) is 2. The van der Waals surface area contributed by atoms with Gasteiger partial charge in [-0.1, -0.05) is 42.6 Å². The molecule has 2 heterocycles. The Hall–Kier alpha value is -2.44. The second kappa shape index (κ2) is 10.7. The molecule has 2 aliphatic rings. The molecular formula is C24H30ClN3O3. The number of carbonyl (C=O) groups excluding carboxylic acids is 1. The Morgan fingerprint density at radius 2 is 1.87 bits per heavy atom. The lowest BCUT2D eigenvalue weighted by atomic mass is 9.73. The summed E-state index contributed by atoms with van der Waals surface area (Å²) in [5.74, 6) is 0.211. The molecule has 166 valence electrons. The second-order valence-electron chi connectivity index (χ2n) is 8.56. The second-order valence-corrected chi connectivity index (χ2v) is 9.00. The number of carboxylic acid groups (broad SMARTS) is 1. The van der Waals surface area contributed by atoms with E-state index in [0.717, 1.165) is 55.3 Å². The molecule has 1 amide bonds. The van der Waals surface area contributed by atoms with Crippen LogP contribution in [-0.4, -0.2) is 46.5 Å². The van der Waals surface area contributed by atoms with Gasteiger partial charge in [0, 0.05) is 36.4 Å². The molecule has 0 atom stereocenters. The number of carbonyl (C=O) groups is 2. The van der Waals surface area contributed by atoms with Crippen LogP contribution in [0.1, 0.15) is 42.6 Å². The SMILES string of the molecule is Cc1cccc(CN2CC(Cc3ccc(Cl)cc3)(C(=O)NC3CCCC3)C2)n1.O=CO. The van der Waals surface area contributed by atoms with E-state index in [1.165, 1.54) is 18.4 Å². The van der Waals surface area contributed by atoms with E-state index in [1.54, 1.807) is 0 Å². The van der Waals surface area contributed by atoms with E-state index in [-0.39, 0.29) is 17.8 Å². The van der Waals surface area contributed by atoms with Gasteiger partial charge in [0.05, 0.1) is 11.1 Å². The van der Waals surface area contributed by atoms with Crippen LogP contribution in [0.15, 0.2) is 42.5 Å². The standard InChI is InChI=1S/C23H28ClN3O.CH2O2/c1-17-5-4-8-21(25-17)14-27-15-23(16-27,13-18-9-11-19(24)12-10-18)22(28)26-20-6-2-3-7-20;2-1-3/h4-5,8-12,20H,2-3,6-7,13-16H2,1H3,(H,26,28);1H,(H,2,3). The highest BCUT2D eigenvalue weighted by Gasteiger charge is 2.49. The molecule has 6 nitrogen and oxygen atoms in total. The fraction of sp³-hybridized carbons (Fsp3) is 0.458. The van der Waals surface area contributed by atoms with Gasteiger partial charge < -0.3 is 10.4 Å². The number of halogens is 1. The first-order valence-corrected chi connectivity index (χ1v) is 11.1. The van der Waals surface area contributed by atoms with Crippen molar-refractivity contribution in [3.63, 3.8) is 0 Å². The van der Waals surface area contributed by atoms with Crippen LogP contribution in [0.2, 0.25) is 5.02 Å². The summed E-state index contributed by atoms with van der Waals surface area (Å²) in [7, 11) is 0. The minimum atomic E-state index is -0.361. The lowest BCUT2D eigenvalue weighted by Crippen LogP contribution is -2.64. The normalized spacial score (nSPS) is 17.9. The highest BCUT2D eigenvalue weighted by Crippen LogP contribution is 2.36. The molecule has 0 spiro atoms. The van der Waals surface area contributed by atoms with Crippen LogP contribution in [0.5, 0.6) is 0 Å². The molecule has 2 aromatic rings. The molecule has 2 N–H and O–H groups in total. The van der Waals surface area contributed by atoms with Crippen molar-refractivity contribution in [1.29, 1.82) is 0 Å². The Bertz CT molecular complexity index is 876. The summed E-state index contributed by atoms with van der Waals surface area (Å²) in [6.45, 7) is 4.09. The smallest absolute Gasteiger partial charge is 0.290 e. The zero-order valence-electron chi connectivity index (χ0n) is 17.9. The third-order valence-electron chi connectivity index (χ3n) is 6.01. The number of aryl methyl sites for hydroxylation is 1. The van der Waals surface area contributed by atoms with Crippen LogP contribution in [0.4, 0.5) is 0 Å². The Labute approximate surface area is 188 Å². The molecular weight excluding hydrogens is 414 g/mol.